The molecule has 0 aliphatic carbocycles. The van der Waals surface area contributed by atoms with Crippen LogP contribution in [-0.2, 0) is 9.47 Å². The number of nitrogens with zero attached hydrogens (tertiary/aromatic N) is 1. The fourth-order valence-electron chi connectivity index (χ4n) is 1.43. The Morgan fingerprint density at radius 3 is 2.47 bits per heavy atom. The Hall–Kier alpha value is -1.18. The highest BCUT2D eigenvalue weighted by atomic mass is 79.9. The zero-order valence-corrected chi connectivity index (χ0v) is 12.4. The van der Waals surface area contributed by atoms with E-state index in [4.69, 9.17) is 14.2 Å². The first-order valence-electron chi connectivity index (χ1n) is 5.89. The molecule has 0 heterocycles. The van der Waals surface area contributed by atoms with Crippen molar-refractivity contribution < 1.29 is 19.1 Å². The fraction of sp³-hybridized carbons (Fsp3) is 0.500. The third-order valence-electron chi connectivity index (χ3n) is 2.22. The molecular formula is C12H16BrNO5. The summed E-state index contributed by atoms with van der Waals surface area (Å²) < 4.78 is 16.5. The van der Waals surface area contributed by atoms with Gasteiger partial charge in [-0.05, 0) is 35.8 Å². The fourth-order valence-corrected chi connectivity index (χ4v) is 1.95. The molecule has 0 aliphatic heterocycles. The average Bonchev–Trinajstić information content (AvgIpc) is 2.37. The molecule has 0 radical (unpaired) electrons. The van der Waals surface area contributed by atoms with E-state index in [-0.39, 0.29) is 12.3 Å². The minimum atomic E-state index is -0.485. The Kier molecular flexibility index (Phi) is 6.75. The van der Waals surface area contributed by atoms with E-state index >= 15 is 0 Å². The zero-order valence-electron chi connectivity index (χ0n) is 10.8. The van der Waals surface area contributed by atoms with E-state index < -0.39 is 11.2 Å². The molecular weight excluding hydrogens is 318 g/mol. The number of rotatable bonds is 8. The molecule has 0 N–H and O–H groups in total. The van der Waals surface area contributed by atoms with Crippen molar-refractivity contribution in [3.8, 4) is 5.75 Å². The monoisotopic (exact) mass is 333 g/mol. The second-order valence-electron chi connectivity index (χ2n) is 3.50. The molecule has 0 aromatic heterocycles. The van der Waals surface area contributed by atoms with Crippen LogP contribution >= 0.6 is 15.9 Å². The summed E-state index contributed by atoms with van der Waals surface area (Å²) >= 11 is 3.16. The second kappa shape index (κ2) is 8.08. The first-order valence-corrected chi connectivity index (χ1v) is 6.68. The van der Waals surface area contributed by atoms with Crippen molar-refractivity contribution in [2.75, 3.05) is 19.8 Å². The lowest BCUT2D eigenvalue weighted by Gasteiger charge is -2.17. The van der Waals surface area contributed by atoms with Crippen molar-refractivity contribution >= 4 is 21.6 Å². The van der Waals surface area contributed by atoms with Crippen LogP contribution in [0.2, 0.25) is 0 Å². The van der Waals surface area contributed by atoms with Crippen LogP contribution in [0, 0.1) is 10.1 Å². The lowest BCUT2D eigenvalue weighted by molar-refractivity contribution is -0.385. The standard InChI is InChI=1S/C12H16BrNO5/c1-3-17-11(18-4-2)8-19-10-7-5-6-9(12(10)13)14(15)16/h5-7,11H,3-4,8H2,1-2H3. The van der Waals surface area contributed by atoms with Crippen molar-refractivity contribution in [1.82, 2.24) is 0 Å². The third kappa shape index (κ3) is 4.77. The molecule has 1 rings (SSSR count). The Labute approximate surface area is 119 Å². The quantitative estimate of drug-likeness (QED) is 0.415. The molecule has 1 aromatic rings. The number of hydrogen-bond acceptors (Lipinski definition) is 5. The number of ether oxygens (including phenoxy) is 3. The largest absolute Gasteiger partial charge is 0.487 e. The number of nitro groups is 1. The Balaban J connectivity index is 2.71. The van der Waals surface area contributed by atoms with Gasteiger partial charge in [0.05, 0.1) is 4.92 Å². The highest BCUT2D eigenvalue weighted by molar-refractivity contribution is 9.10. The third-order valence-corrected chi connectivity index (χ3v) is 3.02. The summed E-state index contributed by atoms with van der Waals surface area (Å²) in [4.78, 5) is 10.3. The summed E-state index contributed by atoms with van der Waals surface area (Å²) in [6, 6.07) is 4.61. The van der Waals surface area contributed by atoms with E-state index in [0.717, 1.165) is 0 Å². The summed E-state index contributed by atoms with van der Waals surface area (Å²) in [6.45, 7) is 4.89. The maximum absolute atomic E-state index is 10.8. The maximum Gasteiger partial charge on any atom is 0.287 e. The molecule has 7 heteroatoms. The summed E-state index contributed by atoms with van der Waals surface area (Å²) in [5, 5.41) is 10.8. The van der Waals surface area contributed by atoms with Gasteiger partial charge < -0.3 is 14.2 Å². The Bertz CT molecular complexity index is 421. The second-order valence-corrected chi connectivity index (χ2v) is 4.29. The molecule has 0 amide bonds. The van der Waals surface area contributed by atoms with E-state index in [1.165, 1.54) is 6.07 Å². The van der Waals surface area contributed by atoms with E-state index in [9.17, 15) is 10.1 Å². The highest BCUT2D eigenvalue weighted by Crippen LogP contribution is 2.33. The predicted octanol–water partition coefficient (Wildman–Crippen LogP) is 3.14. The van der Waals surface area contributed by atoms with Gasteiger partial charge in [0, 0.05) is 19.3 Å². The number of nitro benzene ring substituents is 1. The molecule has 19 heavy (non-hydrogen) atoms. The van der Waals surface area contributed by atoms with Crippen molar-refractivity contribution in [3.05, 3.63) is 32.8 Å². The number of hydrogen-bond donors (Lipinski definition) is 0. The molecule has 0 fully saturated rings. The molecule has 0 atom stereocenters. The van der Waals surface area contributed by atoms with Crippen LogP contribution in [0.5, 0.6) is 5.75 Å². The number of benzene rings is 1. The van der Waals surface area contributed by atoms with Crippen LogP contribution < -0.4 is 4.74 Å². The lowest BCUT2D eigenvalue weighted by atomic mass is 10.3. The van der Waals surface area contributed by atoms with Crippen LogP contribution in [-0.4, -0.2) is 31.0 Å². The van der Waals surface area contributed by atoms with E-state index in [1.807, 2.05) is 13.8 Å². The van der Waals surface area contributed by atoms with Crippen molar-refractivity contribution in [2.45, 2.75) is 20.1 Å². The highest BCUT2D eigenvalue weighted by Gasteiger charge is 2.17. The first kappa shape index (κ1) is 15.9. The van der Waals surface area contributed by atoms with Gasteiger partial charge in [0.15, 0.2) is 6.29 Å². The van der Waals surface area contributed by atoms with Gasteiger partial charge in [0.2, 0.25) is 0 Å². The van der Waals surface area contributed by atoms with Gasteiger partial charge in [-0.1, -0.05) is 6.07 Å². The molecule has 1 aromatic carbocycles. The van der Waals surface area contributed by atoms with E-state index in [1.54, 1.807) is 12.1 Å². The summed E-state index contributed by atoms with van der Waals surface area (Å²) in [6.07, 6.45) is -0.485. The normalized spacial score (nSPS) is 10.7. The van der Waals surface area contributed by atoms with Gasteiger partial charge in [0.1, 0.15) is 16.8 Å². The first-order chi connectivity index (χ1) is 9.10. The predicted molar refractivity (Wildman–Crippen MR) is 73.3 cm³/mol. The van der Waals surface area contributed by atoms with Crippen LogP contribution in [0.15, 0.2) is 22.7 Å². The van der Waals surface area contributed by atoms with Crippen LogP contribution in [0.25, 0.3) is 0 Å². The molecule has 0 aliphatic rings. The molecule has 0 saturated carbocycles. The van der Waals surface area contributed by atoms with Crippen LogP contribution in [0.3, 0.4) is 0 Å². The molecule has 0 bridgehead atoms. The lowest BCUT2D eigenvalue weighted by Crippen LogP contribution is -2.25. The Morgan fingerprint density at radius 1 is 1.32 bits per heavy atom. The Morgan fingerprint density at radius 2 is 1.95 bits per heavy atom. The van der Waals surface area contributed by atoms with Crippen molar-refractivity contribution in [1.29, 1.82) is 0 Å². The average molecular weight is 334 g/mol. The van der Waals surface area contributed by atoms with Crippen LogP contribution in [0.1, 0.15) is 13.8 Å². The summed E-state index contributed by atoms with van der Waals surface area (Å²) in [7, 11) is 0. The molecule has 0 spiro atoms. The minimum Gasteiger partial charge on any atom is -0.487 e. The topological polar surface area (TPSA) is 70.8 Å². The van der Waals surface area contributed by atoms with Gasteiger partial charge in [-0.3, -0.25) is 10.1 Å². The van der Waals surface area contributed by atoms with Gasteiger partial charge in [0.25, 0.3) is 5.69 Å². The van der Waals surface area contributed by atoms with Crippen LogP contribution in [0.4, 0.5) is 5.69 Å². The number of halogens is 1. The van der Waals surface area contributed by atoms with Crippen molar-refractivity contribution in [2.24, 2.45) is 0 Å². The van der Waals surface area contributed by atoms with Crippen molar-refractivity contribution in [3.63, 3.8) is 0 Å². The van der Waals surface area contributed by atoms with Gasteiger partial charge in [-0.25, -0.2) is 0 Å². The SMILES string of the molecule is CCOC(COc1cccc([N+](=O)[O-])c1Br)OCC. The molecule has 6 nitrogen and oxygen atoms in total. The summed E-state index contributed by atoms with van der Waals surface area (Å²) in [5.41, 5.74) is -0.0399. The van der Waals surface area contributed by atoms with E-state index in [0.29, 0.717) is 23.4 Å². The van der Waals surface area contributed by atoms with Gasteiger partial charge in [-0.15, -0.1) is 0 Å². The van der Waals surface area contributed by atoms with Gasteiger partial charge in [-0.2, -0.15) is 0 Å². The smallest absolute Gasteiger partial charge is 0.287 e. The molecule has 106 valence electrons. The minimum absolute atomic E-state index is 0.0399. The maximum atomic E-state index is 10.8. The summed E-state index contributed by atoms with van der Waals surface area (Å²) in [5.74, 6) is 0.388. The molecule has 0 saturated heterocycles. The van der Waals surface area contributed by atoms with Gasteiger partial charge >= 0.3 is 0 Å². The molecule has 0 unspecified atom stereocenters. The zero-order chi connectivity index (χ0) is 14.3. The van der Waals surface area contributed by atoms with E-state index in [2.05, 4.69) is 15.9 Å².